The number of rotatable bonds is 2. The molecular weight excluding hydrogens is 358 g/mol. The number of carbonyl (C=O) groups is 1. The lowest BCUT2D eigenvalue weighted by Crippen LogP contribution is -2.36. The fourth-order valence-corrected chi connectivity index (χ4v) is 3.91. The number of nitrogens with one attached hydrogen (secondary N) is 1. The highest BCUT2D eigenvalue weighted by Gasteiger charge is 2.42. The van der Waals surface area contributed by atoms with Crippen molar-refractivity contribution in [1.29, 1.82) is 0 Å². The molecule has 0 radical (unpaired) electrons. The summed E-state index contributed by atoms with van der Waals surface area (Å²) in [5.41, 5.74) is 1.52. The average molecular weight is 374 g/mol. The standard InChI is InChI=1S/C17H16ClN5O3/c1-17(2)6-12-14(13(24)7-17)15(22-16(21-12)19-8-20-22)10-5-9(23(25)26)3-4-11(10)18/h3-5,8,15H,6-7H2,1-2H3,(H,19,20,21). The number of halogens is 1. The van der Waals surface area contributed by atoms with Crippen LogP contribution in [0, 0.1) is 15.5 Å². The lowest BCUT2D eigenvalue weighted by Gasteiger charge is -2.38. The number of nitro groups is 1. The lowest BCUT2D eigenvalue weighted by molar-refractivity contribution is -0.384. The van der Waals surface area contributed by atoms with Crippen LogP contribution in [-0.2, 0) is 4.79 Å². The third-order valence-corrected chi connectivity index (χ3v) is 5.10. The highest BCUT2D eigenvalue weighted by atomic mass is 35.5. The first-order valence-corrected chi connectivity index (χ1v) is 8.51. The van der Waals surface area contributed by atoms with Gasteiger partial charge in [0.2, 0.25) is 5.95 Å². The van der Waals surface area contributed by atoms with Gasteiger partial charge in [0.1, 0.15) is 12.4 Å². The molecule has 134 valence electrons. The van der Waals surface area contributed by atoms with Crippen LogP contribution >= 0.6 is 11.6 Å². The van der Waals surface area contributed by atoms with Crippen molar-refractivity contribution in [2.45, 2.75) is 32.7 Å². The molecule has 1 aliphatic carbocycles. The average Bonchev–Trinajstić information content (AvgIpc) is 3.00. The Hall–Kier alpha value is -2.74. The summed E-state index contributed by atoms with van der Waals surface area (Å²) in [5.74, 6) is 0.472. The van der Waals surface area contributed by atoms with Crippen LogP contribution in [0.4, 0.5) is 11.6 Å². The Balaban J connectivity index is 1.95. The van der Waals surface area contributed by atoms with E-state index in [-0.39, 0.29) is 16.9 Å². The fourth-order valence-electron chi connectivity index (χ4n) is 3.69. The molecule has 1 N–H and O–H groups in total. The number of aromatic nitrogens is 3. The van der Waals surface area contributed by atoms with Gasteiger partial charge in [-0.1, -0.05) is 25.4 Å². The monoisotopic (exact) mass is 373 g/mol. The molecule has 0 spiro atoms. The van der Waals surface area contributed by atoms with Gasteiger partial charge in [-0.3, -0.25) is 14.9 Å². The van der Waals surface area contributed by atoms with Crippen LogP contribution in [0.2, 0.25) is 5.02 Å². The maximum absolute atomic E-state index is 13.0. The maximum Gasteiger partial charge on any atom is 0.269 e. The highest BCUT2D eigenvalue weighted by Crippen LogP contribution is 2.46. The summed E-state index contributed by atoms with van der Waals surface area (Å²) in [6, 6.07) is 3.59. The number of allylic oxidation sites excluding steroid dienone is 2. The van der Waals surface area contributed by atoms with Crippen LogP contribution in [0.25, 0.3) is 0 Å². The van der Waals surface area contributed by atoms with Gasteiger partial charge in [-0.2, -0.15) is 10.1 Å². The summed E-state index contributed by atoms with van der Waals surface area (Å²) >= 11 is 6.36. The number of Topliss-reactive ketones (excluding diaryl/α,β-unsaturated/α-hetero) is 1. The van der Waals surface area contributed by atoms with Gasteiger partial charge in [-0.15, -0.1) is 0 Å². The van der Waals surface area contributed by atoms with Crippen LogP contribution in [0.3, 0.4) is 0 Å². The predicted octanol–water partition coefficient (Wildman–Crippen LogP) is 3.50. The smallest absolute Gasteiger partial charge is 0.269 e. The quantitative estimate of drug-likeness (QED) is 0.638. The van der Waals surface area contributed by atoms with Gasteiger partial charge in [0, 0.05) is 40.4 Å². The number of anilines is 1. The number of non-ortho nitro benzene ring substituents is 1. The first-order chi connectivity index (χ1) is 12.3. The van der Waals surface area contributed by atoms with E-state index in [0.717, 1.165) is 5.70 Å². The molecule has 1 aromatic carbocycles. The molecule has 0 saturated heterocycles. The van der Waals surface area contributed by atoms with E-state index in [1.807, 2.05) is 13.8 Å². The molecule has 1 aliphatic heterocycles. The van der Waals surface area contributed by atoms with Gasteiger partial charge in [0.25, 0.3) is 5.69 Å². The maximum atomic E-state index is 13.0. The van der Waals surface area contributed by atoms with E-state index in [1.54, 1.807) is 4.68 Å². The Bertz CT molecular complexity index is 979. The molecule has 9 heteroatoms. The van der Waals surface area contributed by atoms with Gasteiger partial charge in [0.05, 0.1) is 4.92 Å². The highest BCUT2D eigenvalue weighted by molar-refractivity contribution is 6.31. The van der Waals surface area contributed by atoms with E-state index in [9.17, 15) is 14.9 Å². The topological polar surface area (TPSA) is 103 Å². The second-order valence-electron chi connectivity index (χ2n) is 7.35. The predicted molar refractivity (Wildman–Crippen MR) is 94.9 cm³/mol. The third kappa shape index (κ3) is 2.57. The van der Waals surface area contributed by atoms with Gasteiger partial charge in [-0.25, -0.2) is 4.68 Å². The number of hydrogen-bond acceptors (Lipinski definition) is 6. The Labute approximate surface area is 154 Å². The molecular formula is C17H16ClN5O3. The number of carbonyl (C=O) groups excluding carboxylic acids is 1. The minimum atomic E-state index is -0.639. The summed E-state index contributed by atoms with van der Waals surface area (Å²) in [7, 11) is 0. The molecule has 1 atom stereocenters. The van der Waals surface area contributed by atoms with E-state index >= 15 is 0 Å². The molecule has 0 amide bonds. The number of nitro benzene ring substituents is 1. The fraction of sp³-hybridized carbons (Fsp3) is 0.353. The van der Waals surface area contributed by atoms with Crippen molar-refractivity contribution in [2.75, 3.05) is 5.32 Å². The second-order valence-corrected chi connectivity index (χ2v) is 7.76. The largest absolute Gasteiger partial charge is 0.328 e. The third-order valence-electron chi connectivity index (χ3n) is 4.76. The van der Waals surface area contributed by atoms with Crippen molar-refractivity contribution < 1.29 is 9.72 Å². The van der Waals surface area contributed by atoms with E-state index in [2.05, 4.69) is 15.4 Å². The molecule has 2 heterocycles. The molecule has 2 aromatic rings. The number of fused-ring (bicyclic) bond motifs is 1. The zero-order valence-corrected chi connectivity index (χ0v) is 14.9. The van der Waals surface area contributed by atoms with Crippen LogP contribution in [0.1, 0.15) is 38.3 Å². The normalized spacial score (nSPS) is 21.0. The van der Waals surface area contributed by atoms with Gasteiger partial charge in [0.15, 0.2) is 5.78 Å². The van der Waals surface area contributed by atoms with E-state index in [0.29, 0.717) is 34.9 Å². The summed E-state index contributed by atoms with van der Waals surface area (Å²) in [4.78, 5) is 27.9. The Kier molecular flexibility index (Phi) is 3.62. The number of nitrogens with zero attached hydrogens (tertiary/aromatic N) is 4. The van der Waals surface area contributed by atoms with Crippen molar-refractivity contribution in [3.63, 3.8) is 0 Å². The molecule has 26 heavy (non-hydrogen) atoms. The molecule has 2 aliphatic rings. The molecule has 0 bridgehead atoms. The van der Waals surface area contributed by atoms with E-state index in [1.165, 1.54) is 24.5 Å². The Morgan fingerprint density at radius 1 is 1.38 bits per heavy atom. The summed E-state index contributed by atoms with van der Waals surface area (Å²) in [6.07, 6.45) is 2.44. The first kappa shape index (κ1) is 16.7. The molecule has 8 nitrogen and oxygen atoms in total. The van der Waals surface area contributed by atoms with Crippen molar-refractivity contribution in [1.82, 2.24) is 14.8 Å². The van der Waals surface area contributed by atoms with Crippen molar-refractivity contribution in [2.24, 2.45) is 5.41 Å². The van der Waals surface area contributed by atoms with Gasteiger partial charge < -0.3 is 5.32 Å². The molecule has 1 unspecified atom stereocenters. The van der Waals surface area contributed by atoms with Crippen molar-refractivity contribution >= 4 is 29.0 Å². The molecule has 0 fully saturated rings. The zero-order chi connectivity index (χ0) is 18.6. The summed E-state index contributed by atoms with van der Waals surface area (Å²) in [5, 5.41) is 19.0. The Morgan fingerprint density at radius 2 is 2.15 bits per heavy atom. The van der Waals surface area contributed by atoms with Crippen LogP contribution in [-0.4, -0.2) is 25.5 Å². The SMILES string of the molecule is CC1(C)CC(=O)C2=C(C1)Nc1ncnn1C2c1cc([N+](=O)[O-])ccc1Cl. The Morgan fingerprint density at radius 3 is 2.88 bits per heavy atom. The van der Waals surface area contributed by atoms with Gasteiger partial charge in [-0.05, 0) is 17.9 Å². The number of benzene rings is 1. The molecule has 1 aromatic heterocycles. The number of ketones is 1. The zero-order valence-electron chi connectivity index (χ0n) is 14.2. The van der Waals surface area contributed by atoms with Crippen molar-refractivity contribution in [3.8, 4) is 0 Å². The van der Waals surface area contributed by atoms with E-state index < -0.39 is 11.0 Å². The minimum absolute atomic E-state index is 0.0162. The summed E-state index contributed by atoms with van der Waals surface area (Å²) in [6.45, 7) is 4.07. The van der Waals surface area contributed by atoms with Gasteiger partial charge >= 0.3 is 0 Å². The van der Waals surface area contributed by atoms with Crippen LogP contribution < -0.4 is 5.32 Å². The molecule has 4 rings (SSSR count). The van der Waals surface area contributed by atoms with E-state index in [4.69, 9.17) is 11.6 Å². The first-order valence-electron chi connectivity index (χ1n) is 8.13. The minimum Gasteiger partial charge on any atom is -0.328 e. The second kappa shape index (κ2) is 5.63. The number of hydrogen-bond donors (Lipinski definition) is 1. The lowest BCUT2D eigenvalue weighted by atomic mass is 9.73. The summed E-state index contributed by atoms with van der Waals surface area (Å²) < 4.78 is 1.56. The van der Waals surface area contributed by atoms with Crippen LogP contribution in [0.15, 0.2) is 35.8 Å². The van der Waals surface area contributed by atoms with Crippen LogP contribution in [0.5, 0.6) is 0 Å². The molecule has 0 saturated carbocycles. The van der Waals surface area contributed by atoms with Crippen molar-refractivity contribution in [3.05, 3.63) is 56.5 Å².